The summed E-state index contributed by atoms with van der Waals surface area (Å²) in [5.41, 5.74) is 5.99. The van der Waals surface area contributed by atoms with Crippen LogP contribution in [0.15, 0.2) is 18.2 Å². The molecule has 3 N–H and O–H groups in total. The highest BCUT2D eigenvalue weighted by atomic mass is 19.1. The highest BCUT2D eigenvalue weighted by Gasteiger charge is 2.14. The molecule has 1 amide bonds. The van der Waals surface area contributed by atoms with E-state index in [-0.39, 0.29) is 18.5 Å². The molecule has 1 rings (SSSR count). The Morgan fingerprint density at radius 2 is 2.17 bits per heavy atom. The van der Waals surface area contributed by atoms with Crippen LogP contribution in [0.1, 0.15) is 25.5 Å². The van der Waals surface area contributed by atoms with Crippen molar-refractivity contribution in [2.75, 3.05) is 13.7 Å². The molecular weight excluding hydrogens is 235 g/mol. The summed E-state index contributed by atoms with van der Waals surface area (Å²) in [4.78, 5) is 10.9. The standard InChI is InChI=1S/C13H19FN2O2/c1-8(13(15)17)7-18-12-6-10(14)4-5-11(12)9(2)16-3/h4-6,8-9,16H,7H2,1-3H3,(H2,15,17). The fraction of sp³-hybridized carbons (Fsp3) is 0.462. The number of primary amides is 1. The average molecular weight is 254 g/mol. The Morgan fingerprint density at radius 3 is 2.72 bits per heavy atom. The number of hydrogen-bond acceptors (Lipinski definition) is 3. The van der Waals surface area contributed by atoms with Crippen LogP contribution in [-0.4, -0.2) is 19.6 Å². The van der Waals surface area contributed by atoms with Crippen LogP contribution in [-0.2, 0) is 4.79 Å². The number of benzene rings is 1. The van der Waals surface area contributed by atoms with Gasteiger partial charge in [0.25, 0.3) is 0 Å². The molecule has 1 aromatic carbocycles. The normalized spacial score (nSPS) is 14.0. The lowest BCUT2D eigenvalue weighted by Crippen LogP contribution is -2.26. The summed E-state index contributed by atoms with van der Waals surface area (Å²) in [6.07, 6.45) is 0. The lowest BCUT2D eigenvalue weighted by molar-refractivity contribution is -0.122. The number of nitrogens with one attached hydrogen (secondary N) is 1. The third-order valence-corrected chi connectivity index (χ3v) is 2.85. The molecule has 0 spiro atoms. The maximum Gasteiger partial charge on any atom is 0.223 e. The Bertz CT molecular complexity index is 423. The van der Waals surface area contributed by atoms with E-state index in [1.165, 1.54) is 12.1 Å². The van der Waals surface area contributed by atoms with Gasteiger partial charge in [-0.1, -0.05) is 13.0 Å². The largest absolute Gasteiger partial charge is 0.492 e. The van der Waals surface area contributed by atoms with Gasteiger partial charge in [-0.2, -0.15) is 0 Å². The van der Waals surface area contributed by atoms with Gasteiger partial charge in [-0.25, -0.2) is 4.39 Å². The van der Waals surface area contributed by atoms with Crippen molar-refractivity contribution in [2.45, 2.75) is 19.9 Å². The lowest BCUT2D eigenvalue weighted by atomic mass is 10.1. The Labute approximate surface area is 106 Å². The predicted octanol–water partition coefficient (Wildman–Crippen LogP) is 1.61. The third-order valence-electron chi connectivity index (χ3n) is 2.85. The third kappa shape index (κ3) is 3.70. The monoisotopic (exact) mass is 254 g/mol. The van der Waals surface area contributed by atoms with Gasteiger partial charge in [0.15, 0.2) is 0 Å². The van der Waals surface area contributed by atoms with Crippen LogP contribution in [0.4, 0.5) is 4.39 Å². The number of halogens is 1. The summed E-state index contributed by atoms with van der Waals surface area (Å²) < 4.78 is 18.7. The molecule has 0 radical (unpaired) electrons. The van der Waals surface area contributed by atoms with Crippen molar-refractivity contribution in [3.63, 3.8) is 0 Å². The molecule has 0 aliphatic rings. The zero-order valence-electron chi connectivity index (χ0n) is 10.9. The fourth-order valence-electron chi connectivity index (χ4n) is 1.44. The molecule has 100 valence electrons. The SMILES string of the molecule is CNC(C)c1ccc(F)cc1OCC(C)C(N)=O. The molecule has 0 aromatic heterocycles. The van der Waals surface area contributed by atoms with E-state index in [1.54, 1.807) is 13.0 Å². The summed E-state index contributed by atoms with van der Waals surface area (Å²) >= 11 is 0. The smallest absolute Gasteiger partial charge is 0.223 e. The van der Waals surface area contributed by atoms with Gasteiger partial charge in [0.2, 0.25) is 5.91 Å². The van der Waals surface area contributed by atoms with Gasteiger partial charge < -0.3 is 15.8 Å². The number of ether oxygens (including phenoxy) is 1. The van der Waals surface area contributed by atoms with Crippen molar-refractivity contribution in [1.29, 1.82) is 0 Å². The van der Waals surface area contributed by atoms with E-state index in [0.29, 0.717) is 5.75 Å². The maximum absolute atomic E-state index is 13.2. The molecular formula is C13H19FN2O2. The Hall–Kier alpha value is -1.62. The van der Waals surface area contributed by atoms with Gasteiger partial charge in [0, 0.05) is 17.7 Å². The number of carbonyl (C=O) groups is 1. The van der Waals surface area contributed by atoms with E-state index in [9.17, 15) is 9.18 Å². The Morgan fingerprint density at radius 1 is 1.50 bits per heavy atom. The number of hydrogen-bond donors (Lipinski definition) is 2. The highest BCUT2D eigenvalue weighted by Crippen LogP contribution is 2.26. The molecule has 0 fully saturated rings. The predicted molar refractivity (Wildman–Crippen MR) is 67.7 cm³/mol. The summed E-state index contributed by atoms with van der Waals surface area (Å²) in [5.74, 6) is -0.783. The zero-order chi connectivity index (χ0) is 13.7. The fourth-order valence-corrected chi connectivity index (χ4v) is 1.44. The first-order chi connectivity index (χ1) is 8.45. The van der Waals surface area contributed by atoms with Crippen LogP contribution >= 0.6 is 0 Å². The molecule has 0 saturated heterocycles. The molecule has 18 heavy (non-hydrogen) atoms. The number of rotatable bonds is 6. The van der Waals surface area contributed by atoms with Gasteiger partial charge in [0.1, 0.15) is 11.6 Å². The molecule has 0 bridgehead atoms. The van der Waals surface area contributed by atoms with Gasteiger partial charge in [-0.3, -0.25) is 4.79 Å². The molecule has 0 aliphatic heterocycles. The second kappa shape index (κ2) is 6.35. The van der Waals surface area contributed by atoms with Gasteiger partial charge in [-0.15, -0.1) is 0 Å². The summed E-state index contributed by atoms with van der Waals surface area (Å²) in [7, 11) is 1.81. The Kier molecular flexibility index (Phi) is 5.09. The van der Waals surface area contributed by atoms with Gasteiger partial charge >= 0.3 is 0 Å². The van der Waals surface area contributed by atoms with Crippen molar-refractivity contribution in [3.8, 4) is 5.75 Å². The van der Waals surface area contributed by atoms with E-state index >= 15 is 0 Å². The minimum atomic E-state index is -0.436. The van der Waals surface area contributed by atoms with E-state index in [0.717, 1.165) is 5.56 Å². The van der Waals surface area contributed by atoms with Crippen LogP contribution in [0, 0.1) is 11.7 Å². The van der Waals surface area contributed by atoms with Crippen molar-refractivity contribution >= 4 is 5.91 Å². The molecule has 0 heterocycles. The highest BCUT2D eigenvalue weighted by molar-refractivity contribution is 5.76. The zero-order valence-corrected chi connectivity index (χ0v) is 10.9. The molecule has 2 unspecified atom stereocenters. The summed E-state index contributed by atoms with van der Waals surface area (Å²) in [6.45, 7) is 3.75. The van der Waals surface area contributed by atoms with Crippen molar-refractivity contribution in [1.82, 2.24) is 5.32 Å². The van der Waals surface area contributed by atoms with Gasteiger partial charge in [-0.05, 0) is 20.0 Å². The van der Waals surface area contributed by atoms with Crippen LogP contribution in [0.5, 0.6) is 5.75 Å². The second-order valence-electron chi connectivity index (χ2n) is 4.31. The first-order valence-electron chi connectivity index (χ1n) is 5.84. The first-order valence-corrected chi connectivity index (χ1v) is 5.84. The van der Waals surface area contributed by atoms with Crippen molar-refractivity contribution in [2.24, 2.45) is 11.7 Å². The number of carbonyl (C=O) groups excluding carboxylic acids is 1. The van der Waals surface area contributed by atoms with Crippen LogP contribution in [0.2, 0.25) is 0 Å². The molecule has 5 heteroatoms. The van der Waals surface area contributed by atoms with Crippen molar-refractivity contribution in [3.05, 3.63) is 29.6 Å². The Balaban J connectivity index is 2.85. The quantitative estimate of drug-likeness (QED) is 0.810. The van der Waals surface area contributed by atoms with Crippen LogP contribution < -0.4 is 15.8 Å². The van der Waals surface area contributed by atoms with E-state index < -0.39 is 11.8 Å². The average Bonchev–Trinajstić information content (AvgIpc) is 2.34. The molecule has 1 aromatic rings. The minimum absolute atomic E-state index is 0.0319. The maximum atomic E-state index is 13.2. The molecule has 0 saturated carbocycles. The van der Waals surface area contributed by atoms with Gasteiger partial charge in [0.05, 0.1) is 12.5 Å². The summed E-state index contributed by atoms with van der Waals surface area (Å²) in [6, 6.07) is 4.40. The van der Waals surface area contributed by atoms with Crippen LogP contribution in [0.25, 0.3) is 0 Å². The van der Waals surface area contributed by atoms with E-state index in [2.05, 4.69) is 5.32 Å². The number of nitrogens with two attached hydrogens (primary N) is 1. The summed E-state index contributed by atoms with van der Waals surface area (Å²) in [5, 5.41) is 3.06. The van der Waals surface area contributed by atoms with E-state index in [4.69, 9.17) is 10.5 Å². The first kappa shape index (κ1) is 14.4. The second-order valence-corrected chi connectivity index (χ2v) is 4.31. The topological polar surface area (TPSA) is 64.3 Å². The number of amides is 1. The van der Waals surface area contributed by atoms with Crippen LogP contribution in [0.3, 0.4) is 0 Å². The molecule has 0 aliphatic carbocycles. The van der Waals surface area contributed by atoms with Crippen molar-refractivity contribution < 1.29 is 13.9 Å². The van der Waals surface area contributed by atoms with E-state index in [1.807, 2.05) is 14.0 Å². The molecule has 4 nitrogen and oxygen atoms in total. The lowest BCUT2D eigenvalue weighted by Gasteiger charge is -2.17. The minimum Gasteiger partial charge on any atom is -0.492 e. The molecule has 2 atom stereocenters.